The molecule has 2 aliphatic rings. The van der Waals surface area contributed by atoms with Crippen LogP contribution in [0.25, 0.3) is 0 Å². The lowest BCUT2D eigenvalue weighted by atomic mass is 10.0. The molecule has 1 aromatic carbocycles. The topological polar surface area (TPSA) is 72.3 Å². The summed E-state index contributed by atoms with van der Waals surface area (Å²) in [6.45, 7) is 2.89. The zero-order chi connectivity index (χ0) is 17.8. The average Bonchev–Trinajstić information content (AvgIpc) is 3.11. The van der Waals surface area contributed by atoms with Gasteiger partial charge in [0.05, 0.1) is 33.4 Å². The first-order chi connectivity index (χ1) is 12.1. The second-order valence-electron chi connectivity index (χ2n) is 6.56. The molecule has 2 aliphatic heterocycles. The van der Waals surface area contributed by atoms with Gasteiger partial charge in [0.25, 0.3) is 11.8 Å². The van der Waals surface area contributed by atoms with Gasteiger partial charge in [-0.2, -0.15) is 0 Å². The lowest BCUT2D eigenvalue weighted by Gasteiger charge is -2.29. The molecule has 2 N–H and O–H groups in total. The Hall–Kier alpha value is -2.28. The largest absolute Gasteiger partial charge is 0.497 e. The molecular weight excluding hydrogens is 322 g/mol. The van der Waals surface area contributed by atoms with E-state index in [-0.39, 0.29) is 17.9 Å². The number of piperazine rings is 1. The monoisotopic (exact) mass is 348 g/mol. The van der Waals surface area contributed by atoms with Gasteiger partial charge in [-0.1, -0.05) is 0 Å². The molecule has 25 heavy (non-hydrogen) atoms. The van der Waals surface area contributed by atoms with Gasteiger partial charge >= 0.3 is 0 Å². The third-order valence-electron chi connectivity index (χ3n) is 4.98. The van der Waals surface area contributed by atoms with Crippen molar-refractivity contribution in [1.29, 1.82) is 0 Å². The number of carbonyl (C=O) groups excluding carboxylic acids is 2. The van der Waals surface area contributed by atoms with Crippen LogP contribution in [0.1, 0.15) is 24.4 Å². The summed E-state index contributed by atoms with van der Waals surface area (Å²) < 4.78 is 10.8. The van der Waals surface area contributed by atoms with E-state index >= 15 is 0 Å². The van der Waals surface area contributed by atoms with Crippen LogP contribution in [0.5, 0.6) is 11.5 Å². The summed E-state index contributed by atoms with van der Waals surface area (Å²) in [6.07, 6.45) is 1.87. The normalized spacial score (nSPS) is 23.3. The van der Waals surface area contributed by atoms with Crippen LogP contribution in [-0.4, -0.2) is 63.7 Å². The zero-order valence-electron chi connectivity index (χ0n) is 14.8. The maximum absolute atomic E-state index is 12.9. The highest BCUT2D eigenvalue weighted by molar-refractivity contribution is 5.80. The SMILES string of the molecule is COc1ccc(OC)c([C@H]2CCCN2C(=O)C[NH+]2CCNC(=O)C2)c1. The number of nitrogens with zero attached hydrogens (tertiary/aromatic N) is 1. The van der Waals surface area contributed by atoms with Crippen molar-refractivity contribution in [3.8, 4) is 11.5 Å². The molecule has 7 heteroatoms. The van der Waals surface area contributed by atoms with Gasteiger partial charge in [-0.25, -0.2) is 0 Å². The summed E-state index contributed by atoms with van der Waals surface area (Å²) in [4.78, 5) is 27.3. The van der Waals surface area contributed by atoms with Crippen molar-refractivity contribution in [2.75, 3.05) is 46.9 Å². The van der Waals surface area contributed by atoms with Gasteiger partial charge in [-0.15, -0.1) is 0 Å². The third-order valence-corrected chi connectivity index (χ3v) is 4.98. The van der Waals surface area contributed by atoms with Crippen molar-refractivity contribution in [2.24, 2.45) is 0 Å². The Kier molecular flexibility index (Phi) is 5.43. The fourth-order valence-electron chi connectivity index (χ4n) is 3.71. The number of ether oxygens (including phenoxy) is 2. The predicted molar refractivity (Wildman–Crippen MR) is 91.8 cm³/mol. The van der Waals surface area contributed by atoms with Crippen molar-refractivity contribution in [3.05, 3.63) is 23.8 Å². The van der Waals surface area contributed by atoms with Crippen LogP contribution in [0, 0.1) is 0 Å². The highest BCUT2D eigenvalue weighted by Crippen LogP contribution is 2.38. The lowest BCUT2D eigenvalue weighted by Crippen LogP contribution is -3.16. The Balaban J connectivity index is 1.76. The molecule has 0 aromatic heterocycles. The maximum atomic E-state index is 12.9. The van der Waals surface area contributed by atoms with E-state index < -0.39 is 0 Å². The molecule has 2 amide bonds. The Morgan fingerprint density at radius 3 is 2.92 bits per heavy atom. The van der Waals surface area contributed by atoms with E-state index in [1.54, 1.807) is 14.2 Å². The minimum Gasteiger partial charge on any atom is -0.497 e. The van der Waals surface area contributed by atoms with Gasteiger partial charge in [0.1, 0.15) is 11.5 Å². The first-order valence-corrected chi connectivity index (χ1v) is 8.74. The summed E-state index contributed by atoms with van der Waals surface area (Å²) >= 11 is 0. The number of rotatable bonds is 5. The van der Waals surface area contributed by atoms with Crippen LogP contribution < -0.4 is 19.7 Å². The summed E-state index contributed by atoms with van der Waals surface area (Å²) in [5, 5.41) is 2.80. The second-order valence-corrected chi connectivity index (χ2v) is 6.56. The molecule has 2 heterocycles. The van der Waals surface area contributed by atoms with Gasteiger partial charge in [0.2, 0.25) is 0 Å². The number of benzene rings is 1. The number of quaternary nitrogens is 1. The zero-order valence-corrected chi connectivity index (χ0v) is 14.8. The average molecular weight is 348 g/mol. The molecule has 7 nitrogen and oxygen atoms in total. The van der Waals surface area contributed by atoms with Gasteiger partial charge in [-0.3, -0.25) is 9.59 Å². The lowest BCUT2D eigenvalue weighted by molar-refractivity contribution is -0.885. The van der Waals surface area contributed by atoms with Crippen molar-refractivity contribution < 1.29 is 24.0 Å². The van der Waals surface area contributed by atoms with E-state index in [1.807, 2.05) is 23.1 Å². The molecule has 0 radical (unpaired) electrons. The maximum Gasteiger partial charge on any atom is 0.278 e. The standard InChI is InChI=1S/C18H25N3O4/c1-24-13-5-6-16(25-2)14(10-13)15-4-3-8-21(15)18(23)12-20-9-7-19-17(22)11-20/h5-6,10,15H,3-4,7-9,11-12H2,1-2H3,(H,19,22)/p+1/t15-/m1/s1. The Morgan fingerprint density at radius 2 is 2.20 bits per heavy atom. The fourth-order valence-corrected chi connectivity index (χ4v) is 3.71. The van der Waals surface area contributed by atoms with Gasteiger partial charge < -0.3 is 24.6 Å². The number of likely N-dealkylation sites (tertiary alicyclic amines) is 1. The van der Waals surface area contributed by atoms with Crippen molar-refractivity contribution in [1.82, 2.24) is 10.2 Å². The smallest absolute Gasteiger partial charge is 0.278 e. The highest BCUT2D eigenvalue weighted by atomic mass is 16.5. The van der Waals surface area contributed by atoms with Gasteiger partial charge in [0, 0.05) is 12.1 Å². The first kappa shape index (κ1) is 17.5. The first-order valence-electron chi connectivity index (χ1n) is 8.74. The molecule has 1 unspecified atom stereocenters. The summed E-state index contributed by atoms with van der Waals surface area (Å²) in [7, 11) is 3.27. The molecule has 0 bridgehead atoms. The minimum absolute atomic E-state index is 0.00410. The summed E-state index contributed by atoms with van der Waals surface area (Å²) in [5.74, 6) is 1.64. The molecule has 2 saturated heterocycles. The quantitative estimate of drug-likeness (QED) is 0.744. The fraction of sp³-hybridized carbons (Fsp3) is 0.556. The number of nitrogens with one attached hydrogen (secondary N) is 2. The molecule has 0 aliphatic carbocycles. The van der Waals surface area contributed by atoms with Crippen LogP contribution >= 0.6 is 0 Å². The van der Waals surface area contributed by atoms with E-state index in [0.29, 0.717) is 19.6 Å². The van der Waals surface area contributed by atoms with E-state index in [0.717, 1.165) is 47.9 Å². The molecule has 0 saturated carbocycles. The molecule has 3 rings (SSSR count). The van der Waals surface area contributed by atoms with Gasteiger partial charge in [-0.05, 0) is 31.0 Å². The third kappa shape index (κ3) is 3.87. The van der Waals surface area contributed by atoms with Crippen LogP contribution in [0.2, 0.25) is 0 Å². The molecule has 2 atom stereocenters. The van der Waals surface area contributed by atoms with E-state index in [4.69, 9.17) is 9.47 Å². The number of methoxy groups -OCH3 is 2. The van der Waals surface area contributed by atoms with E-state index in [1.165, 1.54) is 0 Å². The number of amides is 2. The van der Waals surface area contributed by atoms with Crippen LogP contribution in [-0.2, 0) is 9.59 Å². The minimum atomic E-state index is -0.00410. The molecule has 2 fully saturated rings. The molecule has 0 spiro atoms. The van der Waals surface area contributed by atoms with E-state index in [2.05, 4.69) is 5.32 Å². The number of carbonyl (C=O) groups is 2. The van der Waals surface area contributed by atoms with Crippen molar-refractivity contribution in [2.45, 2.75) is 18.9 Å². The van der Waals surface area contributed by atoms with Gasteiger partial charge in [0.15, 0.2) is 13.1 Å². The molecule has 1 aromatic rings. The molecular formula is C18H26N3O4+. The predicted octanol–water partition coefficient (Wildman–Crippen LogP) is -0.618. The second kappa shape index (κ2) is 7.74. The number of hydrogen-bond donors (Lipinski definition) is 2. The van der Waals surface area contributed by atoms with Crippen molar-refractivity contribution >= 4 is 11.8 Å². The summed E-state index contributed by atoms with van der Waals surface area (Å²) in [6, 6.07) is 5.70. The molecule has 136 valence electrons. The van der Waals surface area contributed by atoms with Crippen LogP contribution in [0.15, 0.2) is 18.2 Å². The summed E-state index contributed by atoms with van der Waals surface area (Å²) in [5.41, 5.74) is 0.985. The number of hydrogen-bond acceptors (Lipinski definition) is 4. The van der Waals surface area contributed by atoms with Crippen molar-refractivity contribution in [3.63, 3.8) is 0 Å². The van der Waals surface area contributed by atoms with Crippen LogP contribution in [0.4, 0.5) is 0 Å². The van der Waals surface area contributed by atoms with Crippen LogP contribution in [0.3, 0.4) is 0 Å². The highest BCUT2D eigenvalue weighted by Gasteiger charge is 2.34. The Morgan fingerprint density at radius 1 is 1.36 bits per heavy atom. The van der Waals surface area contributed by atoms with E-state index in [9.17, 15) is 9.59 Å². The Bertz CT molecular complexity index is 649. The Labute approximate surface area is 147 Å².